The number of aliphatic hydroxyl groups excluding tert-OH is 1. The molecule has 0 spiro atoms. The maximum atomic E-state index is 13.7. The van der Waals surface area contributed by atoms with Gasteiger partial charge in [0.2, 0.25) is 0 Å². The van der Waals surface area contributed by atoms with Crippen LogP contribution in [0.2, 0.25) is 0 Å². The smallest absolute Gasteiger partial charge is 0.198 e. The van der Waals surface area contributed by atoms with Gasteiger partial charge < -0.3 is 15.9 Å². The lowest BCUT2D eigenvalue weighted by atomic mass is 10.1. The van der Waals surface area contributed by atoms with Gasteiger partial charge in [-0.3, -0.25) is 0 Å². The summed E-state index contributed by atoms with van der Waals surface area (Å²) in [5, 5.41) is 18.1. The van der Waals surface area contributed by atoms with Crippen molar-refractivity contribution in [2.75, 3.05) is 5.73 Å². The molecule has 0 amide bonds. The molecule has 0 atom stereocenters. The summed E-state index contributed by atoms with van der Waals surface area (Å²) >= 11 is 0. The third-order valence-corrected chi connectivity index (χ3v) is 2.33. The highest BCUT2D eigenvalue weighted by atomic mass is 19.1. The van der Waals surface area contributed by atoms with Crippen LogP contribution >= 0.6 is 0 Å². The second-order valence-electron chi connectivity index (χ2n) is 3.53. The van der Waals surface area contributed by atoms with Crippen LogP contribution in [0.4, 0.5) is 10.1 Å². The number of benzene rings is 1. The highest BCUT2D eigenvalue weighted by Crippen LogP contribution is 2.26. The Balaban J connectivity index is 2.59. The van der Waals surface area contributed by atoms with Crippen LogP contribution in [0.25, 0.3) is 11.3 Å². The second kappa shape index (κ2) is 4.48. The number of nitrogen functional groups attached to an aromatic ring is 1. The molecule has 0 aliphatic rings. The highest BCUT2D eigenvalue weighted by Gasteiger charge is 2.15. The zero-order valence-corrected chi connectivity index (χ0v) is 8.84. The van der Waals surface area contributed by atoms with Crippen LogP contribution in [0.3, 0.4) is 0 Å². The molecule has 2 rings (SSSR count). The number of pyridine rings is 1. The minimum atomic E-state index is -1.82. The molecule has 4 N–H and O–H groups in total. The number of nitrogens with two attached hydrogens (primary N) is 1. The van der Waals surface area contributed by atoms with Gasteiger partial charge in [-0.2, -0.15) is 0 Å². The van der Waals surface area contributed by atoms with E-state index < -0.39 is 12.1 Å². The molecule has 0 radical (unpaired) electrons. The zero-order chi connectivity index (χ0) is 12.4. The van der Waals surface area contributed by atoms with E-state index in [4.69, 9.17) is 15.9 Å². The summed E-state index contributed by atoms with van der Waals surface area (Å²) in [6, 6.07) is 9.65. The Hall–Kier alpha value is -1.98. The van der Waals surface area contributed by atoms with Crippen molar-refractivity contribution >= 4 is 5.69 Å². The number of aromatic nitrogens is 1. The summed E-state index contributed by atoms with van der Waals surface area (Å²) in [7, 11) is 0. The van der Waals surface area contributed by atoms with Crippen LogP contribution < -0.4 is 5.73 Å². The van der Waals surface area contributed by atoms with Crippen molar-refractivity contribution < 1.29 is 14.6 Å². The minimum Gasteiger partial charge on any atom is -0.397 e. The summed E-state index contributed by atoms with van der Waals surface area (Å²) < 4.78 is 13.7. The van der Waals surface area contributed by atoms with E-state index in [2.05, 4.69) is 4.98 Å². The fourth-order valence-electron chi connectivity index (χ4n) is 1.52. The Bertz CT molecular complexity index is 530. The first-order chi connectivity index (χ1) is 8.09. The molecular weight excluding hydrogens is 223 g/mol. The van der Waals surface area contributed by atoms with E-state index in [1.165, 1.54) is 0 Å². The van der Waals surface area contributed by atoms with Crippen molar-refractivity contribution in [3.63, 3.8) is 0 Å². The number of nitrogens with zero attached hydrogens (tertiary/aromatic N) is 1. The van der Waals surface area contributed by atoms with Crippen LogP contribution in [0, 0.1) is 5.82 Å². The molecule has 0 saturated carbocycles. The second-order valence-corrected chi connectivity index (χ2v) is 3.53. The summed E-state index contributed by atoms with van der Waals surface area (Å²) in [6.07, 6.45) is -1.82. The van der Waals surface area contributed by atoms with E-state index in [0.717, 1.165) is 6.07 Å². The van der Waals surface area contributed by atoms with Crippen LogP contribution in [-0.4, -0.2) is 15.2 Å². The fraction of sp³-hybridized carbons (Fsp3) is 0.0833. The van der Waals surface area contributed by atoms with Crippen molar-refractivity contribution in [2.45, 2.75) is 6.29 Å². The van der Waals surface area contributed by atoms with Gasteiger partial charge in [0.1, 0.15) is 11.4 Å². The van der Waals surface area contributed by atoms with E-state index in [-0.39, 0.29) is 17.1 Å². The molecule has 0 bridgehead atoms. The Kier molecular flexibility index (Phi) is 3.03. The van der Waals surface area contributed by atoms with Gasteiger partial charge in [-0.05, 0) is 0 Å². The Morgan fingerprint density at radius 2 is 1.82 bits per heavy atom. The Morgan fingerprint density at radius 1 is 1.18 bits per heavy atom. The minimum absolute atomic E-state index is 0.0444. The van der Waals surface area contributed by atoms with Gasteiger partial charge in [-0.25, -0.2) is 9.37 Å². The standard InChI is InChI=1S/C12H11FN2O2/c13-8-6-9(14)11(12(16)17)15-10(8)7-4-2-1-3-5-7/h1-6,12,16-17H,14H2. The van der Waals surface area contributed by atoms with Crippen molar-refractivity contribution in [3.05, 3.63) is 47.9 Å². The number of hydrogen-bond donors (Lipinski definition) is 3. The summed E-state index contributed by atoms with van der Waals surface area (Å²) in [5.74, 6) is -0.599. The topological polar surface area (TPSA) is 79.4 Å². The molecule has 0 aliphatic carbocycles. The molecule has 1 aromatic heterocycles. The highest BCUT2D eigenvalue weighted by molar-refractivity contribution is 5.62. The molecular formula is C12H11FN2O2. The monoisotopic (exact) mass is 234 g/mol. The molecule has 1 heterocycles. The molecule has 0 unspecified atom stereocenters. The van der Waals surface area contributed by atoms with Crippen molar-refractivity contribution in [2.24, 2.45) is 0 Å². The number of anilines is 1. The average molecular weight is 234 g/mol. The van der Waals surface area contributed by atoms with Gasteiger partial charge in [-0.1, -0.05) is 30.3 Å². The van der Waals surface area contributed by atoms with Gasteiger partial charge in [0.25, 0.3) is 0 Å². The molecule has 4 nitrogen and oxygen atoms in total. The quantitative estimate of drug-likeness (QED) is 0.687. The van der Waals surface area contributed by atoms with Gasteiger partial charge >= 0.3 is 0 Å². The largest absolute Gasteiger partial charge is 0.397 e. The van der Waals surface area contributed by atoms with Crippen LogP contribution in [0.5, 0.6) is 0 Å². The number of hydrogen-bond acceptors (Lipinski definition) is 4. The zero-order valence-electron chi connectivity index (χ0n) is 8.84. The maximum absolute atomic E-state index is 13.7. The maximum Gasteiger partial charge on any atom is 0.198 e. The van der Waals surface area contributed by atoms with E-state index in [1.54, 1.807) is 30.3 Å². The molecule has 5 heteroatoms. The summed E-state index contributed by atoms with van der Waals surface area (Å²) in [4.78, 5) is 3.84. The summed E-state index contributed by atoms with van der Waals surface area (Å²) in [6.45, 7) is 0. The van der Waals surface area contributed by atoms with Crippen LogP contribution in [-0.2, 0) is 0 Å². The first-order valence-corrected chi connectivity index (χ1v) is 4.97. The van der Waals surface area contributed by atoms with Gasteiger partial charge in [-0.15, -0.1) is 0 Å². The normalized spacial score (nSPS) is 10.8. The first-order valence-electron chi connectivity index (χ1n) is 4.97. The van der Waals surface area contributed by atoms with E-state index in [9.17, 15) is 4.39 Å². The van der Waals surface area contributed by atoms with Crippen molar-refractivity contribution in [1.29, 1.82) is 0 Å². The lowest BCUT2D eigenvalue weighted by Gasteiger charge is -2.10. The van der Waals surface area contributed by atoms with Gasteiger partial charge in [0, 0.05) is 11.6 Å². The van der Waals surface area contributed by atoms with E-state index in [1.807, 2.05) is 0 Å². The van der Waals surface area contributed by atoms with Crippen LogP contribution in [0.1, 0.15) is 12.0 Å². The predicted molar refractivity (Wildman–Crippen MR) is 61.2 cm³/mol. The summed E-state index contributed by atoms with van der Waals surface area (Å²) in [5.41, 5.74) is 5.81. The predicted octanol–water partition coefficient (Wildman–Crippen LogP) is 1.45. The number of rotatable bonds is 2. The Labute approximate surface area is 97.2 Å². The molecule has 17 heavy (non-hydrogen) atoms. The molecule has 0 fully saturated rings. The third kappa shape index (κ3) is 2.25. The number of aliphatic hydroxyl groups is 2. The lowest BCUT2D eigenvalue weighted by Crippen LogP contribution is -2.06. The molecule has 0 saturated heterocycles. The number of halogens is 1. The van der Waals surface area contributed by atoms with Gasteiger partial charge in [0.15, 0.2) is 12.1 Å². The van der Waals surface area contributed by atoms with E-state index in [0.29, 0.717) is 5.56 Å². The van der Waals surface area contributed by atoms with Gasteiger partial charge in [0.05, 0.1) is 5.69 Å². The van der Waals surface area contributed by atoms with Crippen molar-refractivity contribution in [3.8, 4) is 11.3 Å². The SMILES string of the molecule is Nc1cc(F)c(-c2ccccc2)nc1C(O)O. The molecule has 2 aromatic rings. The molecule has 88 valence electrons. The van der Waals surface area contributed by atoms with Crippen molar-refractivity contribution in [1.82, 2.24) is 4.98 Å². The van der Waals surface area contributed by atoms with E-state index >= 15 is 0 Å². The van der Waals surface area contributed by atoms with Crippen LogP contribution in [0.15, 0.2) is 36.4 Å². The first kappa shape index (κ1) is 11.5. The average Bonchev–Trinajstić information content (AvgIpc) is 2.29. The third-order valence-electron chi connectivity index (χ3n) is 2.33. The fourth-order valence-corrected chi connectivity index (χ4v) is 1.52. The molecule has 1 aromatic carbocycles. The lowest BCUT2D eigenvalue weighted by molar-refractivity contribution is -0.0451. The molecule has 0 aliphatic heterocycles. The Morgan fingerprint density at radius 3 is 2.41 bits per heavy atom.